The third kappa shape index (κ3) is 4.19. The predicted octanol–water partition coefficient (Wildman–Crippen LogP) is 5.07. The van der Waals surface area contributed by atoms with Gasteiger partial charge in [-0.05, 0) is 24.3 Å². The van der Waals surface area contributed by atoms with Gasteiger partial charge in [-0.3, -0.25) is 4.79 Å². The molecule has 1 aliphatic heterocycles. The minimum atomic E-state index is -4.78. The van der Waals surface area contributed by atoms with Gasteiger partial charge in [0.1, 0.15) is 11.5 Å². The van der Waals surface area contributed by atoms with Crippen molar-refractivity contribution in [3.05, 3.63) is 58.9 Å². The van der Waals surface area contributed by atoms with Crippen molar-refractivity contribution in [1.82, 2.24) is 14.6 Å². The lowest BCUT2D eigenvalue weighted by molar-refractivity contribution is -0.142. The molecule has 0 unspecified atom stereocenters. The molecule has 3 heterocycles. The van der Waals surface area contributed by atoms with Gasteiger partial charge >= 0.3 is 6.18 Å². The quantitative estimate of drug-likeness (QED) is 0.392. The average Bonchev–Trinajstić information content (AvgIpc) is 3.49. The number of benzene rings is 2. The summed E-state index contributed by atoms with van der Waals surface area (Å²) in [5.74, 6) is 0.562. The van der Waals surface area contributed by atoms with Crippen molar-refractivity contribution in [2.45, 2.75) is 6.18 Å². The molecule has 0 fully saturated rings. The molecular weight excluding hydrogens is 505 g/mol. The Labute approximate surface area is 206 Å². The standard InChI is InChI=1S/C23H16ClF3N4O5/c1-33-17-7-14(18(34-2)6-12(17)24)29-22(32)15-9-21-28-13(8-20(23(25,26)27)31(21)30-15)11-3-4-16-19(5-11)36-10-35-16/h3-9H,10H2,1-2H3,(H,29,32). The van der Waals surface area contributed by atoms with E-state index in [4.69, 9.17) is 30.5 Å². The number of amides is 1. The number of carbonyl (C=O) groups is 1. The molecule has 186 valence electrons. The van der Waals surface area contributed by atoms with E-state index in [-0.39, 0.29) is 46.0 Å². The number of hydrogen-bond acceptors (Lipinski definition) is 7. The number of hydrogen-bond donors (Lipinski definition) is 1. The number of fused-ring (bicyclic) bond motifs is 2. The van der Waals surface area contributed by atoms with Gasteiger partial charge in [-0.1, -0.05) is 11.6 Å². The van der Waals surface area contributed by atoms with Crippen molar-refractivity contribution in [1.29, 1.82) is 0 Å². The van der Waals surface area contributed by atoms with E-state index < -0.39 is 17.8 Å². The van der Waals surface area contributed by atoms with E-state index >= 15 is 0 Å². The maximum Gasteiger partial charge on any atom is 0.433 e. The second kappa shape index (κ2) is 8.79. The van der Waals surface area contributed by atoms with E-state index in [9.17, 15) is 18.0 Å². The maximum atomic E-state index is 13.9. The first kappa shape index (κ1) is 23.5. The SMILES string of the molecule is COc1cc(NC(=O)c2cc3nc(-c4ccc5c(c4)OCO5)cc(C(F)(F)F)n3n2)c(OC)cc1Cl. The van der Waals surface area contributed by atoms with Crippen molar-refractivity contribution in [2.75, 3.05) is 26.3 Å². The lowest BCUT2D eigenvalue weighted by Gasteiger charge is -2.12. The van der Waals surface area contributed by atoms with Crippen LogP contribution in [0.25, 0.3) is 16.9 Å². The highest BCUT2D eigenvalue weighted by atomic mass is 35.5. The van der Waals surface area contributed by atoms with Gasteiger partial charge in [-0.2, -0.15) is 18.3 Å². The Balaban J connectivity index is 1.56. The molecule has 1 N–H and O–H groups in total. The third-order valence-corrected chi connectivity index (χ3v) is 5.64. The van der Waals surface area contributed by atoms with Crippen molar-refractivity contribution < 1.29 is 36.9 Å². The van der Waals surface area contributed by atoms with Crippen LogP contribution in [-0.4, -0.2) is 41.5 Å². The fraction of sp³-hybridized carbons (Fsp3) is 0.174. The van der Waals surface area contributed by atoms with Crippen molar-refractivity contribution >= 4 is 28.8 Å². The first-order valence-corrected chi connectivity index (χ1v) is 10.7. The molecule has 4 aromatic rings. The summed E-state index contributed by atoms with van der Waals surface area (Å²) >= 11 is 6.08. The number of ether oxygens (including phenoxy) is 4. The number of alkyl halides is 3. The molecule has 0 aliphatic carbocycles. The van der Waals surface area contributed by atoms with Gasteiger partial charge in [-0.25, -0.2) is 9.50 Å². The van der Waals surface area contributed by atoms with Crippen LogP contribution >= 0.6 is 11.6 Å². The summed E-state index contributed by atoms with van der Waals surface area (Å²) in [7, 11) is 2.76. The molecule has 0 saturated carbocycles. The van der Waals surface area contributed by atoms with Crippen LogP contribution in [0, 0.1) is 0 Å². The van der Waals surface area contributed by atoms with E-state index in [2.05, 4.69) is 15.4 Å². The van der Waals surface area contributed by atoms with Gasteiger partial charge in [0.15, 0.2) is 28.5 Å². The Morgan fingerprint density at radius 3 is 2.53 bits per heavy atom. The Morgan fingerprint density at radius 1 is 1.06 bits per heavy atom. The lowest BCUT2D eigenvalue weighted by atomic mass is 10.1. The number of aromatic nitrogens is 3. The normalized spacial score (nSPS) is 12.6. The smallest absolute Gasteiger partial charge is 0.433 e. The number of nitrogens with one attached hydrogen (secondary N) is 1. The number of carbonyl (C=O) groups excluding carboxylic acids is 1. The largest absolute Gasteiger partial charge is 0.495 e. The summed E-state index contributed by atoms with van der Waals surface area (Å²) in [6.07, 6.45) is -4.78. The average molecular weight is 521 g/mol. The monoisotopic (exact) mass is 520 g/mol. The summed E-state index contributed by atoms with van der Waals surface area (Å²) in [6, 6.07) is 9.54. The number of halogens is 4. The maximum absolute atomic E-state index is 13.9. The Bertz CT molecular complexity index is 1510. The van der Waals surface area contributed by atoms with Gasteiger partial charge in [-0.15, -0.1) is 0 Å². The van der Waals surface area contributed by atoms with E-state index in [1.54, 1.807) is 12.1 Å². The molecule has 1 aliphatic rings. The summed E-state index contributed by atoms with van der Waals surface area (Å²) < 4.78 is 63.3. The third-order valence-electron chi connectivity index (χ3n) is 5.34. The Kier molecular flexibility index (Phi) is 5.75. The van der Waals surface area contributed by atoms with E-state index in [1.807, 2.05) is 0 Å². The first-order chi connectivity index (χ1) is 17.2. The zero-order chi connectivity index (χ0) is 25.6. The molecule has 2 aromatic heterocycles. The van der Waals surface area contributed by atoms with E-state index in [1.165, 1.54) is 32.4 Å². The lowest BCUT2D eigenvalue weighted by Crippen LogP contribution is -2.16. The van der Waals surface area contributed by atoms with Crippen molar-refractivity contribution in [3.8, 4) is 34.3 Å². The van der Waals surface area contributed by atoms with Crippen LogP contribution in [0.5, 0.6) is 23.0 Å². The summed E-state index contributed by atoms with van der Waals surface area (Å²) in [4.78, 5) is 17.2. The van der Waals surface area contributed by atoms with Crippen LogP contribution in [0.3, 0.4) is 0 Å². The van der Waals surface area contributed by atoms with Crippen LogP contribution < -0.4 is 24.3 Å². The van der Waals surface area contributed by atoms with Crippen molar-refractivity contribution in [3.63, 3.8) is 0 Å². The fourth-order valence-electron chi connectivity index (χ4n) is 3.64. The molecule has 13 heteroatoms. The van der Waals surface area contributed by atoms with Gasteiger partial charge in [0.05, 0.1) is 30.6 Å². The minimum Gasteiger partial charge on any atom is -0.495 e. The summed E-state index contributed by atoms with van der Waals surface area (Å²) in [5.41, 5.74) is -1.01. The second-order valence-electron chi connectivity index (χ2n) is 7.53. The number of methoxy groups -OCH3 is 2. The molecule has 9 nitrogen and oxygen atoms in total. The molecule has 1 amide bonds. The van der Waals surface area contributed by atoms with E-state index in [0.717, 1.165) is 12.1 Å². The second-order valence-corrected chi connectivity index (χ2v) is 7.94. The zero-order valence-corrected chi connectivity index (χ0v) is 19.4. The fourth-order valence-corrected chi connectivity index (χ4v) is 3.87. The molecule has 2 aromatic carbocycles. The summed E-state index contributed by atoms with van der Waals surface area (Å²) in [5, 5.41) is 6.66. The topological polar surface area (TPSA) is 96.2 Å². The Hall–Kier alpha value is -4.19. The van der Waals surface area contributed by atoms with Gasteiger partial charge in [0.2, 0.25) is 6.79 Å². The van der Waals surface area contributed by atoms with Crippen LogP contribution in [0.15, 0.2) is 42.5 Å². The molecule has 0 radical (unpaired) electrons. The molecule has 36 heavy (non-hydrogen) atoms. The van der Waals surface area contributed by atoms with Gasteiger partial charge < -0.3 is 24.3 Å². The molecule has 5 rings (SSSR count). The van der Waals surface area contributed by atoms with Gasteiger partial charge in [0.25, 0.3) is 5.91 Å². The molecule has 0 spiro atoms. The highest BCUT2D eigenvalue weighted by Gasteiger charge is 2.36. The van der Waals surface area contributed by atoms with Crippen LogP contribution in [0.1, 0.15) is 16.2 Å². The van der Waals surface area contributed by atoms with Crippen LogP contribution in [0.4, 0.5) is 18.9 Å². The number of nitrogens with zero attached hydrogens (tertiary/aromatic N) is 3. The van der Waals surface area contributed by atoms with Crippen molar-refractivity contribution in [2.24, 2.45) is 0 Å². The zero-order valence-electron chi connectivity index (χ0n) is 18.6. The highest BCUT2D eigenvalue weighted by Crippen LogP contribution is 2.38. The molecular formula is C23H16ClF3N4O5. The predicted molar refractivity (Wildman–Crippen MR) is 122 cm³/mol. The summed E-state index contributed by atoms with van der Waals surface area (Å²) in [6.45, 7) is 0.0183. The number of anilines is 1. The minimum absolute atomic E-state index is 0.0177. The first-order valence-electron chi connectivity index (χ1n) is 10.3. The Morgan fingerprint density at radius 2 is 1.81 bits per heavy atom. The molecule has 0 saturated heterocycles. The molecule has 0 atom stereocenters. The van der Waals surface area contributed by atoms with Gasteiger partial charge in [0, 0.05) is 23.8 Å². The molecule has 0 bridgehead atoms. The van der Waals surface area contributed by atoms with Crippen LogP contribution in [-0.2, 0) is 6.18 Å². The number of rotatable bonds is 5. The highest BCUT2D eigenvalue weighted by molar-refractivity contribution is 6.32. The van der Waals surface area contributed by atoms with E-state index in [0.29, 0.717) is 21.6 Å². The van der Waals surface area contributed by atoms with Crippen LogP contribution in [0.2, 0.25) is 5.02 Å².